The lowest BCUT2D eigenvalue weighted by molar-refractivity contribution is 0.763. The third-order valence-corrected chi connectivity index (χ3v) is 3.75. The number of nitrogens with zero attached hydrogens (tertiary/aromatic N) is 4. The highest BCUT2D eigenvalue weighted by atomic mass is 32.2. The second-order valence-electron chi connectivity index (χ2n) is 4.43. The smallest absolute Gasteiger partial charge is 0.197 e. The van der Waals surface area contributed by atoms with Gasteiger partial charge in [-0.3, -0.25) is 0 Å². The van der Waals surface area contributed by atoms with Crippen molar-refractivity contribution >= 4 is 29.0 Å². The number of pyridine rings is 1. The van der Waals surface area contributed by atoms with E-state index in [0.29, 0.717) is 23.3 Å². The molecule has 3 aromatic rings. The summed E-state index contributed by atoms with van der Waals surface area (Å²) >= 11 is 1.35. The Hall–Kier alpha value is -2.32. The van der Waals surface area contributed by atoms with E-state index in [2.05, 4.69) is 20.3 Å². The standard InChI is InChI=1S/C13H15N7S/c1-16-7-8-12(19-11-4-2-3-5-20(8)11)21-13-17-9(14)6-10(15)18-13/h2-6,16H,7H2,1H3,(H4,14,15,17,18). The van der Waals surface area contributed by atoms with Crippen LogP contribution in [0.3, 0.4) is 0 Å². The van der Waals surface area contributed by atoms with Gasteiger partial charge in [-0.25, -0.2) is 15.0 Å². The van der Waals surface area contributed by atoms with Crippen LogP contribution < -0.4 is 16.8 Å². The molecule has 8 heteroatoms. The maximum atomic E-state index is 5.70. The van der Waals surface area contributed by atoms with Crippen molar-refractivity contribution in [3.8, 4) is 0 Å². The number of anilines is 2. The molecule has 3 heterocycles. The predicted octanol–water partition coefficient (Wildman–Crippen LogP) is 1.16. The topological polar surface area (TPSA) is 107 Å². The van der Waals surface area contributed by atoms with E-state index in [-0.39, 0.29) is 0 Å². The Labute approximate surface area is 125 Å². The SMILES string of the molecule is CNCc1c(Sc2nc(N)cc(N)n2)nc2ccccn12. The lowest BCUT2D eigenvalue weighted by Crippen LogP contribution is -2.08. The van der Waals surface area contributed by atoms with Crippen LogP contribution in [0.2, 0.25) is 0 Å². The van der Waals surface area contributed by atoms with E-state index in [4.69, 9.17) is 11.5 Å². The van der Waals surface area contributed by atoms with Gasteiger partial charge in [-0.15, -0.1) is 0 Å². The zero-order valence-corrected chi connectivity index (χ0v) is 12.3. The average molecular weight is 301 g/mol. The fourth-order valence-electron chi connectivity index (χ4n) is 2.03. The highest BCUT2D eigenvalue weighted by Gasteiger charge is 2.14. The molecule has 0 fully saturated rings. The third-order valence-electron chi connectivity index (χ3n) is 2.87. The number of aromatic nitrogens is 4. The van der Waals surface area contributed by atoms with Crippen molar-refractivity contribution in [3.05, 3.63) is 36.2 Å². The van der Waals surface area contributed by atoms with Crippen LogP contribution in [0.4, 0.5) is 11.6 Å². The highest BCUT2D eigenvalue weighted by molar-refractivity contribution is 7.99. The predicted molar refractivity (Wildman–Crippen MR) is 82.9 cm³/mol. The van der Waals surface area contributed by atoms with E-state index < -0.39 is 0 Å². The van der Waals surface area contributed by atoms with Gasteiger partial charge in [-0.1, -0.05) is 6.07 Å². The molecule has 21 heavy (non-hydrogen) atoms. The summed E-state index contributed by atoms with van der Waals surface area (Å²) in [5.74, 6) is 0.702. The van der Waals surface area contributed by atoms with E-state index in [1.54, 1.807) is 0 Å². The normalized spacial score (nSPS) is 11.1. The highest BCUT2D eigenvalue weighted by Crippen LogP contribution is 2.29. The molecule has 0 saturated carbocycles. The molecule has 0 saturated heterocycles. The van der Waals surface area contributed by atoms with Gasteiger partial charge in [0.2, 0.25) is 0 Å². The Balaban J connectivity index is 2.04. The fourth-order valence-corrected chi connectivity index (χ4v) is 2.93. The van der Waals surface area contributed by atoms with Crippen LogP contribution in [0, 0.1) is 0 Å². The summed E-state index contributed by atoms with van der Waals surface area (Å²) in [6.45, 7) is 0.686. The van der Waals surface area contributed by atoms with Crippen LogP contribution in [0.1, 0.15) is 5.69 Å². The van der Waals surface area contributed by atoms with Gasteiger partial charge >= 0.3 is 0 Å². The zero-order valence-electron chi connectivity index (χ0n) is 11.4. The molecular weight excluding hydrogens is 286 g/mol. The average Bonchev–Trinajstić information content (AvgIpc) is 2.76. The third kappa shape index (κ3) is 2.76. The Morgan fingerprint density at radius 2 is 1.95 bits per heavy atom. The van der Waals surface area contributed by atoms with E-state index in [0.717, 1.165) is 16.4 Å². The maximum Gasteiger partial charge on any atom is 0.197 e. The number of rotatable bonds is 4. The summed E-state index contributed by atoms with van der Waals surface area (Å²) in [6, 6.07) is 7.41. The van der Waals surface area contributed by atoms with E-state index in [1.807, 2.05) is 35.8 Å². The second kappa shape index (κ2) is 5.58. The first-order valence-electron chi connectivity index (χ1n) is 6.36. The second-order valence-corrected chi connectivity index (χ2v) is 5.38. The van der Waals surface area contributed by atoms with Gasteiger partial charge in [0.15, 0.2) is 5.16 Å². The van der Waals surface area contributed by atoms with Crippen molar-refractivity contribution < 1.29 is 0 Å². The first kappa shape index (κ1) is 13.7. The summed E-state index contributed by atoms with van der Waals surface area (Å²) in [5, 5.41) is 4.47. The number of nitrogen functional groups attached to an aromatic ring is 2. The van der Waals surface area contributed by atoms with Crippen LogP contribution in [-0.2, 0) is 6.54 Å². The number of nitrogens with one attached hydrogen (secondary N) is 1. The van der Waals surface area contributed by atoms with Crippen LogP contribution in [0.15, 0.2) is 40.6 Å². The van der Waals surface area contributed by atoms with Crippen molar-refractivity contribution in [1.29, 1.82) is 0 Å². The summed E-state index contributed by atoms with van der Waals surface area (Å²) in [6.07, 6.45) is 1.98. The number of imidazole rings is 1. The molecule has 0 radical (unpaired) electrons. The van der Waals surface area contributed by atoms with Crippen LogP contribution in [0.5, 0.6) is 0 Å². The van der Waals surface area contributed by atoms with Gasteiger partial charge in [0.1, 0.15) is 22.3 Å². The number of hydrogen-bond donors (Lipinski definition) is 3. The number of nitrogens with two attached hydrogens (primary N) is 2. The molecule has 0 atom stereocenters. The van der Waals surface area contributed by atoms with Crippen molar-refractivity contribution in [1.82, 2.24) is 24.7 Å². The van der Waals surface area contributed by atoms with Crippen LogP contribution in [0.25, 0.3) is 5.65 Å². The van der Waals surface area contributed by atoms with Crippen LogP contribution >= 0.6 is 11.8 Å². The molecular formula is C13H15N7S. The first-order chi connectivity index (χ1) is 10.2. The summed E-state index contributed by atoms with van der Waals surface area (Å²) in [7, 11) is 1.89. The number of fused-ring (bicyclic) bond motifs is 1. The Morgan fingerprint density at radius 3 is 2.67 bits per heavy atom. The molecule has 0 amide bonds. The van der Waals surface area contributed by atoms with Gasteiger partial charge in [0.25, 0.3) is 0 Å². The minimum atomic E-state index is 0.351. The van der Waals surface area contributed by atoms with Gasteiger partial charge < -0.3 is 21.2 Å². The van der Waals surface area contributed by atoms with E-state index >= 15 is 0 Å². The molecule has 108 valence electrons. The van der Waals surface area contributed by atoms with Crippen LogP contribution in [-0.4, -0.2) is 26.4 Å². The molecule has 0 aliphatic carbocycles. The fraction of sp³-hybridized carbons (Fsp3) is 0.154. The van der Waals surface area contributed by atoms with Crippen molar-refractivity contribution in [2.45, 2.75) is 16.7 Å². The largest absolute Gasteiger partial charge is 0.383 e. The van der Waals surface area contributed by atoms with Gasteiger partial charge in [0.05, 0.1) is 5.69 Å². The van der Waals surface area contributed by atoms with Gasteiger partial charge in [-0.05, 0) is 30.9 Å². The van der Waals surface area contributed by atoms with Crippen molar-refractivity contribution in [3.63, 3.8) is 0 Å². The van der Waals surface area contributed by atoms with Gasteiger partial charge in [0, 0.05) is 18.8 Å². The monoisotopic (exact) mass is 301 g/mol. The minimum absolute atomic E-state index is 0.351. The van der Waals surface area contributed by atoms with E-state index in [9.17, 15) is 0 Å². The lowest BCUT2D eigenvalue weighted by Gasteiger charge is -2.04. The van der Waals surface area contributed by atoms with E-state index in [1.165, 1.54) is 17.8 Å². The zero-order chi connectivity index (χ0) is 14.8. The Bertz CT molecular complexity index is 763. The maximum absolute atomic E-state index is 5.70. The lowest BCUT2D eigenvalue weighted by atomic mass is 10.4. The molecule has 0 spiro atoms. The molecule has 0 aromatic carbocycles. The Kier molecular flexibility index (Phi) is 3.63. The van der Waals surface area contributed by atoms with Crippen molar-refractivity contribution in [2.24, 2.45) is 0 Å². The van der Waals surface area contributed by atoms with Gasteiger partial charge in [-0.2, -0.15) is 0 Å². The molecule has 3 aromatic heterocycles. The number of hydrogen-bond acceptors (Lipinski definition) is 7. The summed E-state index contributed by atoms with van der Waals surface area (Å²) < 4.78 is 2.04. The Morgan fingerprint density at radius 1 is 1.19 bits per heavy atom. The summed E-state index contributed by atoms with van der Waals surface area (Å²) in [4.78, 5) is 13.0. The molecule has 0 aliphatic rings. The molecule has 3 rings (SSSR count). The van der Waals surface area contributed by atoms with Crippen molar-refractivity contribution in [2.75, 3.05) is 18.5 Å². The molecule has 5 N–H and O–H groups in total. The quantitative estimate of drug-likeness (QED) is 0.621. The molecule has 0 bridgehead atoms. The molecule has 0 unspecified atom stereocenters. The first-order valence-corrected chi connectivity index (χ1v) is 7.17. The molecule has 0 aliphatic heterocycles. The molecule has 7 nitrogen and oxygen atoms in total. The minimum Gasteiger partial charge on any atom is -0.383 e. The summed E-state index contributed by atoms with van der Waals surface area (Å²) in [5.41, 5.74) is 13.3.